The fraction of sp³-hybridized carbons (Fsp3) is 0.391. The van der Waals surface area contributed by atoms with Crippen LogP contribution in [0.4, 0.5) is 4.39 Å². The van der Waals surface area contributed by atoms with Crippen molar-refractivity contribution in [2.75, 3.05) is 0 Å². The van der Waals surface area contributed by atoms with Gasteiger partial charge in [-0.3, -0.25) is 9.59 Å². The molecule has 0 spiro atoms. The van der Waals surface area contributed by atoms with E-state index in [0.29, 0.717) is 22.8 Å². The Bertz CT molecular complexity index is 979. The molecule has 2 aromatic rings. The summed E-state index contributed by atoms with van der Waals surface area (Å²) in [5, 5.41) is 0. The third-order valence-corrected chi connectivity index (χ3v) is 6.30. The first-order chi connectivity index (χ1) is 14.0. The lowest BCUT2D eigenvalue weighted by molar-refractivity contribution is -0.136. The van der Waals surface area contributed by atoms with E-state index < -0.39 is 6.04 Å². The van der Waals surface area contributed by atoms with Crippen molar-refractivity contribution < 1.29 is 23.1 Å². The van der Waals surface area contributed by atoms with E-state index in [1.54, 1.807) is 35.4 Å². The van der Waals surface area contributed by atoms with Crippen molar-refractivity contribution >= 4 is 11.7 Å². The number of benzene rings is 1. The molecule has 0 saturated heterocycles. The van der Waals surface area contributed by atoms with E-state index in [-0.39, 0.29) is 41.8 Å². The molecule has 0 bridgehead atoms. The Kier molecular flexibility index (Phi) is 4.30. The molecule has 2 aliphatic heterocycles. The lowest BCUT2D eigenvalue weighted by Gasteiger charge is -2.37. The van der Waals surface area contributed by atoms with Crippen LogP contribution in [0.3, 0.4) is 0 Å². The lowest BCUT2D eigenvalue weighted by Crippen LogP contribution is -2.41. The summed E-state index contributed by atoms with van der Waals surface area (Å²) >= 11 is 0. The Morgan fingerprint density at radius 2 is 1.93 bits per heavy atom. The van der Waals surface area contributed by atoms with Crippen molar-refractivity contribution in [3.8, 4) is 0 Å². The molecule has 150 valence electrons. The number of hydrogen-bond acceptors (Lipinski definition) is 4. The highest BCUT2D eigenvalue weighted by atomic mass is 19.1. The van der Waals surface area contributed by atoms with E-state index in [0.717, 1.165) is 19.3 Å². The molecule has 3 aliphatic rings. The molecule has 5 rings (SSSR count). The number of halogens is 1. The summed E-state index contributed by atoms with van der Waals surface area (Å²) in [7, 11) is 0. The molecule has 4 atom stereocenters. The van der Waals surface area contributed by atoms with Crippen LogP contribution in [0.1, 0.15) is 43.6 Å². The van der Waals surface area contributed by atoms with E-state index in [2.05, 4.69) is 6.92 Å². The first kappa shape index (κ1) is 18.2. The largest absolute Gasteiger partial charge is 0.483 e. The van der Waals surface area contributed by atoms with Gasteiger partial charge in [0.2, 0.25) is 0 Å². The van der Waals surface area contributed by atoms with Crippen molar-refractivity contribution in [3.63, 3.8) is 0 Å². The van der Waals surface area contributed by atoms with Gasteiger partial charge in [0.25, 0.3) is 5.91 Å². The maximum absolute atomic E-state index is 13.5. The number of hydrogen-bond donors (Lipinski definition) is 0. The second-order valence-electron chi connectivity index (χ2n) is 8.25. The molecule has 1 aromatic heterocycles. The summed E-state index contributed by atoms with van der Waals surface area (Å²) in [5.74, 6) is 0.319. The maximum atomic E-state index is 13.5. The van der Waals surface area contributed by atoms with Gasteiger partial charge in [0.15, 0.2) is 11.5 Å². The number of Topliss-reactive ketones (excluding diaryl/α,β-unsaturated/α-hetero) is 1. The molecule has 1 amide bonds. The number of ketones is 1. The molecule has 1 saturated carbocycles. The number of furan rings is 1. The first-order valence-corrected chi connectivity index (χ1v) is 10.1. The fourth-order valence-corrected chi connectivity index (χ4v) is 4.85. The minimum Gasteiger partial charge on any atom is -0.483 e. The zero-order valence-electron chi connectivity index (χ0n) is 16.1. The first-order valence-electron chi connectivity index (χ1n) is 10.1. The van der Waals surface area contributed by atoms with Crippen LogP contribution in [0.2, 0.25) is 0 Å². The van der Waals surface area contributed by atoms with E-state index in [1.807, 2.05) is 0 Å². The third-order valence-electron chi connectivity index (χ3n) is 6.30. The Hall–Kier alpha value is -2.89. The number of ether oxygens (including phenoxy) is 1. The van der Waals surface area contributed by atoms with Gasteiger partial charge in [-0.2, -0.15) is 0 Å². The van der Waals surface area contributed by atoms with Crippen LogP contribution in [0.25, 0.3) is 0 Å². The molecule has 6 heteroatoms. The van der Waals surface area contributed by atoms with E-state index in [1.165, 1.54) is 12.1 Å². The van der Waals surface area contributed by atoms with Crippen LogP contribution in [0.15, 0.2) is 58.4 Å². The Morgan fingerprint density at radius 1 is 1.14 bits per heavy atom. The SMILES string of the molecule is CC1CCC2OC3=C(C(=O)C2C1)C(c1ccc(F)cc1)N(Cc1ccco1)C3=O. The van der Waals surface area contributed by atoms with Crippen molar-refractivity contribution in [1.82, 2.24) is 4.90 Å². The second kappa shape index (κ2) is 6.87. The topological polar surface area (TPSA) is 59.8 Å². The minimum atomic E-state index is -0.603. The van der Waals surface area contributed by atoms with Gasteiger partial charge in [0.05, 0.1) is 30.3 Å². The highest BCUT2D eigenvalue weighted by Crippen LogP contribution is 2.47. The smallest absolute Gasteiger partial charge is 0.290 e. The van der Waals surface area contributed by atoms with Gasteiger partial charge >= 0.3 is 0 Å². The molecule has 0 N–H and O–H groups in total. The molecule has 5 nitrogen and oxygen atoms in total. The van der Waals surface area contributed by atoms with Gasteiger partial charge in [-0.05, 0) is 55.0 Å². The molecule has 29 heavy (non-hydrogen) atoms. The van der Waals surface area contributed by atoms with Gasteiger partial charge in [-0.1, -0.05) is 19.1 Å². The van der Waals surface area contributed by atoms with Gasteiger partial charge in [0, 0.05) is 0 Å². The number of carbonyl (C=O) groups is 2. The van der Waals surface area contributed by atoms with E-state index in [4.69, 9.17) is 9.15 Å². The number of carbonyl (C=O) groups excluding carboxylic acids is 2. The van der Waals surface area contributed by atoms with E-state index in [9.17, 15) is 14.0 Å². The monoisotopic (exact) mass is 395 g/mol. The molecular formula is C23H22FNO4. The van der Waals surface area contributed by atoms with Gasteiger partial charge in [-0.15, -0.1) is 0 Å². The predicted molar refractivity (Wildman–Crippen MR) is 102 cm³/mol. The van der Waals surface area contributed by atoms with Crippen LogP contribution >= 0.6 is 0 Å². The van der Waals surface area contributed by atoms with Crippen molar-refractivity contribution in [2.45, 2.75) is 44.9 Å². The summed E-state index contributed by atoms with van der Waals surface area (Å²) in [4.78, 5) is 28.4. The highest BCUT2D eigenvalue weighted by molar-refractivity contribution is 6.11. The summed E-state index contributed by atoms with van der Waals surface area (Å²) in [6.45, 7) is 2.36. The molecule has 1 aliphatic carbocycles. The molecule has 1 fully saturated rings. The quantitative estimate of drug-likeness (QED) is 0.783. The van der Waals surface area contributed by atoms with Crippen LogP contribution < -0.4 is 0 Å². The van der Waals surface area contributed by atoms with Crippen LogP contribution in [-0.2, 0) is 20.9 Å². The van der Waals surface area contributed by atoms with Crippen LogP contribution in [0.5, 0.6) is 0 Å². The lowest BCUT2D eigenvalue weighted by atomic mass is 9.74. The summed E-state index contributed by atoms with van der Waals surface area (Å²) in [6.07, 6.45) is 3.85. The predicted octanol–water partition coefficient (Wildman–Crippen LogP) is 4.16. The zero-order valence-corrected chi connectivity index (χ0v) is 16.1. The third kappa shape index (κ3) is 2.98. The molecular weight excluding hydrogens is 373 g/mol. The van der Waals surface area contributed by atoms with Gasteiger partial charge < -0.3 is 14.1 Å². The van der Waals surface area contributed by atoms with Gasteiger partial charge in [0.1, 0.15) is 17.7 Å². The number of nitrogens with zero attached hydrogens (tertiary/aromatic N) is 1. The number of rotatable bonds is 3. The molecule has 1 aromatic carbocycles. The van der Waals surface area contributed by atoms with Crippen LogP contribution in [0, 0.1) is 17.7 Å². The molecule has 4 unspecified atom stereocenters. The van der Waals surface area contributed by atoms with Crippen LogP contribution in [-0.4, -0.2) is 22.7 Å². The van der Waals surface area contributed by atoms with Crippen molar-refractivity contribution in [1.29, 1.82) is 0 Å². The molecule has 0 radical (unpaired) electrons. The Balaban J connectivity index is 1.58. The highest BCUT2D eigenvalue weighted by Gasteiger charge is 2.52. The van der Waals surface area contributed by atoms with Gasteiger partial charge in [-0.25, -0.2) is 4.39 Å². The average Bonchev–Trinajstić information content (AvgIpc) is 3.32. The van der Waals surface area contributed by atoms with Crippen molar-refractivity contribution in [2.24, 2.45) is 11.8 Å². The summed E-state index contributed by atoms with van der Waals surface area (Å²) in [6, 6.07) is 8.90. The Morgan fingerprint density at radius 3 is 2.66 bits per heavy atom. The number of amides is 1. The summed E-state index contributed by atoms with van der Waals surface area (Å²) in [5.41, 5.74) is 1.10. The summed E-state index contributed by atoms with van der Waals surface area (Å²) < 4.78 is 25.1. The normalized spacial score (nSPS) is 29.0. The molecule has 3 heterocycles. The van der Waals surface area contributed by atoms with Crippen molar-refractivity contribution in [3.05, 3.63) is 71.1 Å². The minimum absolute atomic E-state index is 0.00702. The zero-order chi connectivity index (χ0) is 20.1. The second-order valence-corrected chi connectivity index (χ2v) is 8.25. The standard InChI is InChI=1S/C23H22FNO4/c1-13-4-9-18-17(11-13)21(26)19-20(14-5-7-15(24)8-6-14)25(23(27)22(19)29-18)12-16-3-2-10-28-16/h2-3,5-8,10,13,17-18,20H,4,9,11-12H2,1H3. The maximum Gasteiger partial charge on any atom is 0.290 e. The average molecular weight is 395 g/mol. The Labute approximate surface area is 168 Å². The van der Waals surface area contributed by atoms with E-state index >= 15 is 0 Å². The fourth-order valence-electron chi connectivity index (χ4n) is 4.85. The number of fused-ring (bicyclic) bond motifs is 1.